The van der Waals surface area contributed by atoms with Gasteiger partial charge in [-0.1, -0.05) is 0 Å². The molecule has 0 aliphatic carbocycles. The van der Waals surface area contributed by atoms with Crippen LogP contribution in [-0.2, 0) is 9.53 Å². The summed E-state index contributed by atoms with van der Waals surface area (Å²) in [6.07, 6.45) is 2.18. The van der Waals surface area contributed by atoms with Crippen LogP contribution in [0.3, 0.4) is 0 Å². The molecule has 1 N–H and O–H groups in total. The average molecular weight is 221 g/mol. The molecule has 0 atom stereocenters. The fraction of sp³-hybridized carbons (Fsp3) is 0.182. The van der Waals surface area contributed by atoms with Gasteiger partial charge in [0.25, 0.3) is 0 Å². The highest BCUT2D eigenvalue weighted by molar-refractivity contribution is 6.07. The Hall–Kier alpha value is -2.17. The smallest absolute Gasteiger partial charge is 0.373 e. The molecule has 1 heterocycles. The third kappa shape index (κ3) is 2.91. The number of nitrogens with zero attached hydrogens (tertiary/aromatic N) is 1. The number of aliphatic hydroxyl groups is 1. The Morgan fingerprint density at radius 1 is 1.44 bits per heavy atom. The minimum atomic E-state index is -0.951. The van der Waals surface area contributed by atoms with E-state index in [2.05, 4.69) is 9.72 Å². The van der Waals surface area contributed by atoms with E-state index in [1.54, 1.807) is 19.1 Å². The molecule has 16 heavy (non-hydrogen) atoms. The van der Waals surface area contributed by atoms with Crippen LogP contribution in [0.25, 0.3) is 0 Å². The highest BCUT2D eigenvalue weighted by Gasteiger charge is 2.11. The normalized spacial score (nSPS) is 11.0. The zero-order chi connectivity index (χ0) is 12.1. The fourth-order valence-electron chi connectivity index (χ4n) is 0.985. The molecule has 0 saturated carbocycles. The first-order valence-corrected chi connectivity index (χ1v) is 4.50. The van der Waals surface area contributed by atoms with Crippen LogP contribution >= 0.6 is 0 Å². The Labute approximate surface area is 92.4 Å². The molecule has 5 nitrogen and oxygen atoms in total. The molecular weight excluding hydrogens is 210 g/mol. The van der Waals surface area contributed by atoms with E-state index in [1.165, 1.54) is 6.20 Å². The van der Waals surface area contributed by atoms with Crippen LogP contribution in [0.4, 0.5) is 0 Å². The second-order valence-corrected chi connectivity index (χ2v) is 3.07. The molecule has 1 rings (SSSR count). The summed E-state index contributed by atoms with van der Waals surface area (Å²) in [5, 5.41) is 9.15. The van der Waals surface area contributed by atoms with Gasteiger partial charge < -0.3 is 9.84 Å². The van der Waals surface area contributed by atoms with Crippen LogP contribution in [0.2, 0.25) is 0 Å². The average Bonchev–Trinajstić information content (AvgIpc) is 2.28. The number of hydrogen-bond acceptors (Lipinski definition) is 5. The summed E-state index contributed by atoms with van der Waals surface area (Å²) in [4.78, 5) is 26.3. The lowest BCUT2D eigenvalue weighted by Crippen LogP contribution is -2.07. The third-order valence-corrected chi connectivity index (χ3v) is 1.86. The lowest BCUT2D eigenvalue weighted by Gasteiger charge is -1.98. The van der Waals surface area contributed by atoms with Crippen LogP contribution in [0.1, 0.15) is 16.1 Å². The van der Waals surface area contributed by atoms with Crippen LogP contribution < -0.4 is 0 Å². The summed E-state index contributed by atoms with van der Waals surface area (Å²) in [5.74, 6) is -2.18. The second kappa shape index (κ2) is 5.06. The van der Waals surface area contributed by atoms with Crippen LogP contribution in [0.5, 0.6) is 0 Å². The summed E-state index contributed by atoms with van der Waals surface area (Å²) >= 11 is 0. The number of esters is 1. The number of rotatable bonds is 3. The number of methoxy groups -OCH3 is 1. The molecule has 0 radical (unpaired) electrons. The molecule has 0 amide bonds. The summed E-state index contributed by atoms with van der Waals surface area (Å²) < 4.78 is 4.24. The molecule has 0 aliphatic heterocycles. The number of aliphatic hydroxyl groups excluding tert-OH is 1. The Morgan fingerprint density at radius 3 is 2.62 bits per heavy atom. The largest absolute Gasteiger partial charge is 0.502 e. The number of aromatic nitrogens is 1. The van der Waals surface area contributed by atoms with Gasteiger partial charge in [0.2, 0.25) is 5.76 Å². The van der Waals surface area contributed by atoms with E-state index in [9.17, 15) is 9.59 Å². The van der Waals surface area contributed by atoms with E-state index < -0.39 is 17.5 Å². The van der Waals surface area contributed by atoms with Gasteiger partial charge in [0, 0.05) is 23.5 Å². The Kier molecular flexibility index (Phi) is 3.77. The summed E-state index contributed by atoms with van der Waals surface area (Å²) in [6.45, 7) is 1.79. The van der Waals surface area contributed by atoms with Crippen molar-refractivity contribution in [3.63, 3.8) is 0 Å². The molecule has 1 aromatic heterocycles. The van der Waals surface area contributed by atoms with E-state index in [-0.39, 0.29) is 0 Å². The van der Waals surface area contributed by atoms with Crippen molar-refractivity contribution in [3.05, 3.63) is 41.4 Å². The molecule has 0 aromatic carbocycles. The van der Waals surface area contributed by atoms with E-state index in [4.69, 9.17) is 5.11 Å². The van der Waals surface area contributed by atoms with E-state index in [1.807, 2.05) is 0 Å². The first kappa shape index (κ1) is 11.9. The molecule has 0 fully saturated rings. The van der Waals surface area contributed by atoms with Crippen molar-refractivity contribution in [3.8, 4) is 0 Å². The molecule has 0 spiro atoms. The van der Waals surface area contributed by atoms with E-state index >= 15 is 0 Å². The lowest BCUT2D eigenvalue weighted by molar-refractivity contribution is -0.139. The monoisotopic (exact) mass is 221 g/mol. The van der Waals surface area contributed by atoms with Crippen molar-refractivity contribution in [1.82, 2.24) is 4.98 Å². The Morgan fingerprint density at radius 2 is 2.12 bits per heavy atom. The van der Waals surface area contributed by atoms with Gasteiger partial charge in [0.05, 0.1) is 7.11 Å². The van der Waals surface area contributed by atoms with Gasteiger partial charge in [0.15, 0.2) is 5.78 Å². The van der Waals surface area contributed by atoms with Gasteiger partial charge in [-0.2, -0.15) is 0 Å². The SMILES string of the molecule is COC(=O)C(O)=CC(=O)c1ccc(C)nc1. The van der Waals surface area contributed by atoms with Crippen molar-refractivity contribution in [2.24, 2.45) is 0 Å². The predicted molar refractivity (Wildman–Crippen MR) is 56.0 cm³/mol. The molecule has 0 saturated heterocycles. The van der Waals surface area contributed by atoms with Gasteiger partial charge in [-0.3, -0.25) is 9.78 Å². The first-order valence-electron chi connectivity index (χ1n) is 4.50. The van der Waals surface area contributed by atoms with Crippen molar-refractivity contribution < 1.29 is 19.4 Å². The van der Waals surface area contributed by atoms with Gasteiger partial charge in [-0.25, -0.2) is 4.79 Å². The number of pyridine rings is 1. The molecule has 5 heteroatoms. The number of carbonyl (C=O) groups excluding carboxylic acids is 2. The van der Waals surface area contributed by atoms with Gasteiger partial charge in [0.1, 0.15) is 0 Å². The third-order valence-electron chi connectivity index (χ3n) is 1.86. The number of ketones is 1. The Balaban J connectivity index is 2.87. The summed E-state index contributed by atoms with van der Waals surface area (Å²) in [6, 6.07) is 3.22. The van der Waals surface area contributed by atoms with E-state index in [0.29, 0.717) is 5.56 Å². The van der Waals surface area contributed by atoms with Crippen LogP contribution in [0, 0.1) is 6.92 Å². The van der Waals surface area contributed by atoms with Crippen molar-refractivity contribution in [2.75, 3.05) is 7.11 Å². The minimum absolute atomic E-state index is 0.293. The molecule has 0 bridgehead atoms. The van der Waals surface area contributed by atoms with Crippen molar-refractivity contribution >= 4 is 11.8 Å². The van der Waals surface area contributed by atoms with Gasteiger partial charge in [-0.15, -0.1) is 0 Å². The first-order chi connectivity index (χ1) is 7.54. The zero-order valence-corrected chi connectivity index (χ0v) is 8.93. The number of ether oxygens (including phenoxy) is 1. The second-order valence-electron chi connectivity index (χ2n) is 3.07. The number of hydrogen-bond donors (Lipinski definition) is 1. The lowest BCUT2D eigenvalue weighted by atomic mass is 10.1. The van der Waals surface area contributed by atoms with Crippen LogP contribution in [0.15, 0.2) is 30.2 Å². The quantitative estimate of drug-likeness (QED) is 0.359. The highest BCUT2D eigenvalue weighted by atomic mass is 16.5. The van der Waals surface area contributed by atoms with E-state index in [0.717, 1.165) is 18.9 Å². The zero-order valence-electron chi connectivity index (χ0n) is 8.93. The molecular formula is C11H11NO4. The number of carbonyl (C=O) groups is 2. The van der Waals surface area contributed by atoms with Crippen molar-refractivity contribution in [1.29, 1.82) is 0 Å². The standard InChI is InChI=1S/C11H11NO4/c1-7-3-4-8(6-12-7)9(13)5-10(14)11(15)16-2/h3-6,14H,1-2H3. The molecule has 1 aromatic rings. The fourth-order valence-corrected chi connectivity index (χ4v) is 0.985. The molecule has 0 unspecified atom stereocenters. The number of allylic oxidation sites excluding steroid dienone is 1. The predicted octanol–water partition coefficient (Wildman–Crippen LogP) is 1.19. The highest BCUT2D eigenvalue weighted by Crippen LogP contribution is 2.03. The molecule has 84 valence electrons. The Bertz CT molecular complexity index is 434. The maximum atomic E-state index is 11.5. The summed E-state index contributed by atoms with van der Waals surface area (Å²) in [5.41, 5.74) is 1.07. The maximum absolute atomic E-state index is 11.5. The molecule has 0 aliphatic rings. The van der Waals surface area contributed by atoms with Gasteiger partial charge in [-0.05, 0) is 19.1 Å². The van der Waals surface area contributed by atoms with Crippen LogP contribution in [-0.4, -0.2) is 29.0 Å². The van der Waals surface area contributed by atoms with Gasteiger partial charge >= 0.3 is 5.97 Å². The number of aryl methyl sites for hydroxylation is 1. The minimum Gasteiger partial charge on any atom is -0.502 e. The van der Waals surface area contributed by atoms with Crippen molar-refractivity contribution in [2.45, 2.75) is 6.92 Å². The maximum Gasteiger partial charge on any atom is 0.373 e. The topological polar surface area (TPSA) is 76.5 Å². The summed E-state index contributed by atoms with van der Waals surface area (Å²) in [7, 11) is 1.12.